The quantitative estimate of drug-likeness (QED) is 0.266. The molecule has 0 aliphatic heterocycles. The molecule has 0 atom stereocenters. The van der Waals surface area contributed by atoms with Crippen LogP contribution < -0.4 is 24.4 Å². The van der Waals surface area contributed by atoms with E-state index in [0.717, 1.165) is 41.4 Å². The fourth-order valence-electron chi connectivity index (χ4n) is 3.71. The molecule has 0 aliphatic rings. The maximum atomic E-state index is 15.5. The van der Waals surface area contributed by atoms with Gasteiger partial charge in [-0.3, -0.25) is 4.72 Å². The van der Waals surface area contributed by atoms with Gasteiger partial charge in [-0.1, -0.05) is 5.16 Å². The van der Waals surface area contributed by atoms with Crippen LogP contribution in [0, 0.1) is 5.82 Å². The number of sulfonamides is 1. The zero-order valence-electron chi connectivity index (χ0n) is 21.5. The summed E-state index contributed by atoms with van der Waals surface area (Å²) in [6.45, 7) is 0. The number of pyridine rings is 1. The number of nitrogens with zero attached hydrogens (tertiary/aromatic N) is 3. The number of halogens is 4. The van der Waals surface area contributed by atoms with Crippen molar-refractivity contribution in [3.8, 4) is 22.6 Å². The minimum absolute atomic E-state index is 0.0697. The Kier molecular flexibility index (Phi) is 8.05. The van der Waals surface area contributed by atoms with Crippen molar-refractivity contribution in [3.63, 3.8) is 0 Å². The van der Waals surface area contributed by atoms with Crippen LogP contribution >= 0.6 is 0 Å². The number of anilines is 3. The van der Waals surface area contributed by atoms with Crippen molar-refractivity contribution in [1.29, 1.82) is 0 Å². The lowest BCUT2D eigenvalue weighted by molar-refractivity contribution is -0.137. The first-order valence-corrected chi connectivity index (χ1v) is 12.9. The molecule has 2 heterocycles. The highest BCUT2D eigenvalue weighted by Gasteiger charge is 2.32. The number of alkyl halides is 3. The highest BCUT2D eigenvalue weighted by molar-refractivity contribution is 7.92. The van der Waals surface area contributed by atoms with E-state index >= 15 is 4.39 Å². The van der Waals surface area contributed by atoms with Crippen molar-refractivity contribution >= 4 is 33.4 Å². The number of hydrogen-bond acceptors (Lipinski definition) is 8. The van der Waals surface area contributed by atoms with E-state index in [0.29, 0.717) is 0 Å². The highest BCUT2D eigenvalue weighted by Crippen LogP contribution is 2.41. The van der Waals surface area contributed by atoms with Crippen LogP contribution in [-0.2, 0) is 16.2 Å². The molecular weight excluding hydrogens is 574 g/mol. The van der Waals surface area contributed by atoms with Crippen molar-refractivity contribution < 1.29 is 44.8 Å². The fraction of sp³-hybridized carbons (Fsp3) is 0.160. The first kappa shape index (κ1) is 29.1. The van der Waals surface area contributed by atoms with Gasteiger partial charge in [-0.25, -0.2) is 27.5 Å². The molecule has 0 radical (unpaired) electrons. The van der Waals surface area contributed by atoms with Crippen LogP contribution in [0.3, 0.4) is 0 Å². The summed E-state index contributed by atoms with van der Waals surface area (Å²) in [6.07, 6.45) is -2.60. The minimum atomic E-state index is -4.73. The van der Waals surface area contributed by atoms with E-state index in [1.54, 1.807) is 0 Å². The minimum Gasteiger partial charge on any atom is -0.497 e. The average Bonchev–Trinajstić information content (AvgIpc) is 3.45. The smallest absolute Gasteiger partial charge is 0.416 e. The number of hydrogen-bond donors (Lipinski definition) is 2. The standard InChI is InChI=1S/C25H21F4N5O6S/c1-30-24(35)34(23-5-4-17(13-31-23)41(36,37)33-22-6-7-40-32-22)20-12-19(26)18(11-21(20)39-3)14-8-15(25(27,28)29)10-16(9-14)38-2/h4-13H,1-3H3,(H,30,35)(H,32,33). The van der Waals surface area contributed by atoms with Crippen molar-refractivity contribution in [1.82, 2.24) is 15.5 Å². The first-order valence-electron chi connectivity index (χ1n) is 11.4. The van der Waals surface area contributed by atoms with Crippen molar-refractivity contribution in [3.05, 3.63) is 72.4 Å². The Bertz CT molecular complexity index is 1660. The number of carbonyl (C=O) groups excluding carboxylic acids is 1. The Morgan fingerprint density at radius 1 is 1.05 bits per heavy atom. The summed E-state index contributed by atoms with van der Waals surface area (Å²) in [7, 11) is -0.436. The number of rotatable bonds is 8. The zero-order valence-corrected chi connectivity index (χ0v) is 22.3. The summed E-state index contributed by atoms with van der Waals surface area (Å²) in [6, 6.07) is 7.57. The number of methoxy groups -OCH3 is 2. The van der Waals surface area contributed by atoms with Gasteiger partial charge in [-0.15, -0.1) is 0 Å². The maximum absolute atomic E-state index is 15.5. The monoisotopic (exact) mass is 595 g/mol. The van der Waals surface area contributed by atoms with Gasteiger partial charge in [-0.05, 0) is 42.0 Å². The van der Waals surface area contributed by atoms with Gasteiger partial charge in [0.15, 0.2) is 5.82 Å². The van der Waals surface area contributed by atoms with E-state index in [1.165, 1.54) is 45.7 Å². The van der Waals surface area contributed by atoms with Crippen molar-refractivity contribution in [2.45, 2.75) is 11.1 Å². The second-order valence-corrected chi connectivity index (χ2v) is 9.87. The predicted octanol–water partition coefficient (Wildman–Crippen LogP) is 5.19. The van der Waals surface area contributed by atoms with Crippen LogP contribution in [0.25, 0.3) is 11.1 Å². The van der Waals surface area contributed by atoms with Gasteiger partial charge in [0.25, 0.3) is 10.0 Å². The lowest BCUT2D eigenvalue weighted by Gasteiger charge is -2.24. The maximum Gasteiger partial charge on any atom is 0.416 e. The van der Waals surface area contributed by atoms with Crippen molar-refractivity contribution in [2.24, 2.45) is 0 Å². The number of carbonyl (C=O) groups is 1. The lowest BCUT2D eigenvalue weighted by Crippen LogP contribution is -2.35. The van der Waals surface area contributed by atoms with Crippen LogP contribution in [-0.4, -0.2) is 45.9 Å². The third-order valence-corrected chi connectivity index (χ3v) is 6.98. The molecule has 2 aromatic carbocycles. The largest absolute Gasteiger partial charge is 0.497 e. The van der Waals surface area contributed by atoms with Gasteiger partial charge in [0.1, 0.15) is 34.3 Å². The topological polar surface area (TPSA) is 136 Å². The molecule has 2 amide bonds. The third-order valence-electron chi connectivity index (χ3n) is 5.64. The molecule has 41 heavy (non-hydrogen) atoms. The highest BCUT2D eigenvalue weighted by atomic mass is 32.2. The molecule has 2 aromatic heterocycles. The van der Waals surface area contributed by atoms with Crippen molar-refractivity contribution in [2.75, 3.05) is 30.9 Å². The molecule has 11 nitrogen and oxygen atoms in total. The second kappa shape index (κ2) is 11.3. The van der Waals surface area contributed by atoms with E-state index < -0.39 is 33.6 Å². The summed E-state index contributed by atoms with van der Waals surface area (Å²) in [4.78, 5) is 17.6. The molecule has 16 heteroatoms. The fourth-order valence-corrected chi connectivity index (χ4v) is 4.65. The zero-order chi connectivity index (χ0) is 29.9. The van der Waals surface area contributed by atoms with E-state index in [4.69, 9.17) is 9.47 Å². The molecule has 0 fully saturated rings. The molecule has 0 saturated heterocycles. The van der Waals surface area contributed by atoms with E-state index in [9.17, 15) is 26.4 Å². The van der Waals surface area contributed by atoms with E-state index in [2.05, 4.69) is 24.7 Å². The third kappa shape index (κ3) is 6.16. The Labute approximate surface area is 230 Å². The number of amides is 2. The summed E-state index contributed by atoms with van der Waals surface area (Å²) < 4.78 is 98.2. The molecule has 2 N–H and O–H groups in total. The van der Waals surface area contributed by atoms with Crippen LogP contribution in [0.5, 0.6) is 11.5 Å². The SMILES string of the molecule is CNC(=O)N(c1ccc(S(=O)(=O)Nc2ccon2)cn1)c1cc(F)c(-c2cc(OC)cc(C(F)(F)F)c2)cc1OC. The molecule has 4 rings (SSSR count). The van der Waals surface area contributed by atoms with Crippen LogP contribution in [0.4, 0.5) is 39.7 Å². The summed E-state index contributed by atoms with van der Waals surface area (Å²) in [5.74, 6) is -1.45. The van der Waals surface area contributed by atoms with Gasteiger partial charge >= 0.3 is 12.2 Å². The molecule has 0 saturated carbocycles. The Hall–Kier alpha value is -4.86. The summed E-state index contributed by atoms with van der Waals surface area (Å²) in [5.41, 5.74) is -1.65. The molecule has 216 valence electrons. The van der Waals surface area contributed by atoms with Gasteiger partial charge in [0.05, 0.1) is 25.5 Å². The second-order valence-electron chi connectivity index (χ2n) is 8.18. The van der Waals surface area contributed by atoms with Gasteiger partial charge in [0.2, 0.25) is 0 Å². The van der Waals surface area contributed by atoms with E-state index in [1.807, 2.05) is 0 Å². The number of ether oxygens (including phenoxy) is 2. The molecule has 4 aromatic rings. The number of benzene rings is 2. The lowest BCUT2D eigenvalue weighted by atomic mass is 10.0. The molecule has 0 aliphatic carbocycles. The predicted molar refractivity (Wildman–Crippen MR) is 138 cm³/mol. The number of nitrogens with one attached hydrogen (secondary N) is 2. The Morgan fingerprint density at radius 3 is 2.37 bits per heavy atom. The molecule has 0 spiro atoms. The number of urea groups is 1. The molecular formula is C25H21F4N5O6S. The van der Waals surface area contributed by atoms with Crippen LogP contribution in [0.1, 0.15) is 5.56 Å². The molecule has 0 unspecified atom stereocenters. The summed E-state index contributed by atoms with van der Waals surface area (Å²) >= 11 is 0. The molecule has 0 bridgehead atoms. The Morgan fingerprint density at radius 2 is 1.80 bits per heavy atom. The van der Waals surface area contributed by atoms with Gasteiger partial charge in [-0.2, -0.15) is 13.2 Å². The van der Waals surface area contributed by atoms with Crippen LogP contribution in [0.2, 0.25) is 0 Å². The summed E-state index contributed by atoms with van der Waals surface area (Å²) in [5, 5.41) is 5.84. The van der Waals surface area contributed by atoms with Gasteiger partial charge < -0.3 is 19.3 Å². The van der Waals surface area contributed by atoms with E-state index in [-0.39, 0.29) is 44.8 Å². The number of aromatic nitrogens is 2. The Balaban J connectivity index is 1.78. The van der Waals surface area contributed by atoms with Crippen LogP contribution in [0.15, 0.2) is 70.4 Å². The normalized spacial score (nSPS) is 11.6. The first-order chi connectivity index (χ1) is 19.4. The van der Waals surface area contributed by atoms with Gasteiger partial charge in [0, 0.05) is 30.9 Å². The average molecular weight is 596 g/mol.